The molecule has 0 aliphatic heterocycles. The van der Waals surface area contributed by atoms with Gasteiger partial charge in [0.1, 0.15) is 0 Å². The molecule has 1 aromatic heterocycles. The Balaban J connectivity index is 1.51. The molecule has 0 atom stereocenters. The van der Waals surface area contributed by atoms with Crippen molar-refractivity contribution in [3.05, 3.63) is 105 Å². The number of rotatable bonds is 6. The summed E-state index contributed by atoms with van der Waals surface area (Å²) < 4.78 is 6.37. The van der Waals surface area contributed by atoms with Gasteiger partial charge in [0, 0.05) is 14.6 Å². The van der Waals surface area contributed by atoms with Gasteiger partial charge in [0.25, 0.3) is 5.91 Å². The predicted molar refractivity (Wildman–Crippen MR) is 135 cm³/mol. The third-order valence-corrected chi connectivity index (χ3v) is 5.38. The van der Waals surface area contributed by atoms with Gasteiger partial charge in [-0.1, -0.05) is 54.6 Å². The van der Waals surface area contributed by atoms with Crippen LogP contribution in [0.4, 0.5) is 5.69 Å². The molecule has 6 heteroatoms. The Labute approximate surface area is 199 Å². The molecular weight excluding hydrogens is 515 g/mol. The third kappa shape index (κ3) is 5.59. The summed E-state index contributed by atoms with van der Waals surface area (Å²) in [5.41, 5.74) is 3.35. The fourth-order valence-electron chi connectivity index (χ4n) is 3.14. The maximum absolute atomic E-state index is 12.8. The van der Waals surface area contributed by atoms with E-state index in [4.69, 9.17) is 4.74 Å². The average Bonchev–Trinajstić information content (AvgIpc) is 2.83. The molecule has 0 aliphatic carbocycles. The van der Waals surface area contributed by atoms with Crippen LogP contribution < -0.4 is 5.32 Å². The Kier molecular flexibility index (Phi) is 6.91. The van der Waals surface area contributed by atoms with Crippen LogP contribution in [0.2, 0.25) is 0 Å². The second kappa shape index (κ2) is 10.2. The van der Waals surface area contributed by atoms with Crippen molar-refractivity contribution in [2.24, 2.45) is 0 Å². The van der Waals surface area contributed by atoms with Crippen molar-refractivity contribution in [1.82, 2.24) is 4.98 Å². The summed E-state index contributed by atoms with van der Waals surface area (Å²) in [5.74, 6) is -0.974. The molecule has 32 heavy (non-hydrogen) atoms. The van der Waals surface area contributed by atoms with Gasteiger partial charge in [-0.15, -0.1) is 0 Å². The van der Waals surface area contributed by atoms with Crippen LogP contribution in [0.5, 0.6) is 0 Å². The number of nitrogens with one attached hydrogen (secondary N) is 1. The van der Waals surface area contributed by atoms with E-state index in [9.17, 15) is 9.59 Å². The molecule has 4 aromatic rings. The Hall–Kier alpha value is -3.52. The second-order valence-electron chi connectivity index (χ2n) is 6.99. The van der Waals surface area contributed by atoms with E-state index in [0.717, 1.165) is 9.13 Å². The number of anilines is 1. The first-order chi connectivity index (χ1) is 15.6. The zero-order valence-corrected chi connectivity index (χ0v) is 19.2. The highest BCUT2D eigenvalue weighted by molar-refractivity contribution is 14.1. The largest absolute Gasteiger partial charge is 0.452 e. The zero-order valence-electron chi connectivity index (χ0n) is 17.0. The third-order valence-electron chi connectivity index (χ3n) is 4.66. The van der Waals surface area contributed by atoms with E-state index in [0.29, 0.717) is 27.8 Å². The zero-order chi connectivity index (χ0) is 22.3. The number of aromatic nitrogens is 1. The lowest BCUT2D eigenvalue weighted by Gasteiger charge is -2.09. The van der Waals surface area contributed by atoms with Gasteiger partial charge in [0.15, 0.2) is 6.61 Å². The SMILES string of the molecule is O=C(COC(=O)c1cc(/C=C/c2ccccc2)nc2ccccc12)Nc1ccc(I)cc1. The minimum atomic E-state index is -0.573. The van der Waals surface area contributed by atoms with Crippen molar-refractivity contribution >= 4 is 63.2 Å². The van der Waals surface area contributed by atoms with Gasteiger partial charge in [-0.25, -0.2) is 9.78 Å². The van der Waals surface area contributed by atoms with Crippen molar-refractivity contribution < 1.29 is 14.3 Å². The summed E-state index contributed by atoms with van der Waals surface area (Å²) in [6, 6.07) is 26.2. The van der Waals surface area contributed by atoms with Crippen molar-refractivity contribution in [2.45, 2.75) is 0 Å². The van der Waals surface area contributed by atoms with Crippen LogP contribution >= 0.6 is 22.6 Å². The van der Waals surface area contributed by atoms with Gasteiger partial charge in [-0.2, -0.15) is 0 Å². The molecule has 3 aromatic carbocycles. The standard InChI is InChI=1S/C26H19IN2O3/c27-19-11-14-20(15-12-19)29-25(30)17-32-26(31)23-16-21(13-10-18-6-2-1-3-7-18)28-24-9-5-4-8-22(23)24/h1-16H,17H2,(H,29,30)/b13-10+. The first kappa shape index (κ1) is 21.7. The highest BCUT2D eigenvalue weighted by Gasteiger charge is 2.15. The number of benzene rings is 3. The summed E-state index contributed by atoms with van der Waals surface area (Å²) in [4.78, 5) is 29.7. The number of carbonyl (C=O) groups excluding carboxylic acids is 2. The number of hydrogen-bond donors (Lipinski definition) is 1. The second-order valence-corrected chi connectivity index (χ2v) is 8.23. The lowest BCUT2D eigenvalue weighted by atomic mass is 10.1. The number of nitrogens with zero attached hydrogens (tertiary/aromatic N) is 1. The number of halogens is 1. The summed E-state index contributed by atoms with van der Waals surface area (Å²) in [6.07, 6.45) is 3.78. The summed E-state index contributed by atoms with van der Waals surface area (Å²) in [5, 5.41) is 3.39. The number of amides is 1. The van der Waals surface area contributed by atoms with Gasteiger partial charge < -0.3 is 10.1 Å². The molecule has 4 rings (SSSR count). The minimum absolute atomic E-state index is 0.366. The monoisotopic (exact) mass is 534 g/mol. The van der Waals surface area contributed by atoms with Crippen LogP contribution in [0.15, 0.2) is 84.9 Å². The van der Waals surface area contributed by atoms with Gasteiger partial charge in [0.05, 0.1) is 16.8 Å². The number of fused-ring (bicyclic) bond motifs is 1. The quantitative estimate of drug-likeness (QED) is 0.251. The number of carbonyl (C=O) groups is 2. The molecule has 158 valence electrons. The lowest BCUT2D eigenvalue weighted by molar-refractivity contribution is -0.119. The molecule has 5 nitrogen and oxygen atoms in total. The molecule has 0 spiro atoms. The predicted octanol–water partition coefficient (Wildman–Crippen LogP) is 5.81. The molecule has 0 saturated carbocycles. The van der Waals surface area contributed by atoms with Crippen LogP contribution in [0, 0.1) is 3.57 Å². The molecular formula is C26H19IN2O3. The van der Waals surface area contributed by atoms with Gasteiger partial charge in [0.2, 0.25) is 0 Å². The number of ether oxygens (including phenoxy) is 1. The molecule has 0 saturated heterocycles. The normalized spacial score (nSPS) is 10.9. The Bertz CT molecular complexity index is 1290. The summed E-state index contributed by atoms with van der Waals surface area (Å²) in [7, 11) is 0. The molecule has 1 N–H and O–H groups in total. The number of pyridine rings is 1. The van der Waals surface area contributed by atoms with Crippen molar-refractivity contribution in [3.8, 4) is 0 Å². The smallest absolute Gasteiger partial charge is 0.339 e. The Morgan fingerprint density at radius 3 is 2.41 bits per heavy atom. The fourth-order valence-corrected chi connectivity index (χ4v) is 3.49. The number of esters is 1. The van der Waals surface area contributed by atoms with Gasteiger partial charge in [-0.3, -0.25) is 4.79 Å². The number of hydrogen-bond acceptors (Lipinski definition) is 4. The molecule has 1 heterocycles. The molecule has 0 unspecified atom stereocenters. The summed E-state index contributed by atoms with van der Waals surface area (Å²) >= 11 is 2.19. The molecule has 0 fully saturated rings. The van der Waals surface area contributed by atoms with E-state index in [2.05, 4.69) is 32.9 Å². The van der Waals surface area contributed by atoms with Gasteiger partial charge in [-0.05, 0) is 70.6 Å². The first-order valence-electron chi connectivity index (χ1n) is 9.94. The van der Waals surface area contributed by atoms with Gasteiger partial charge >= 0.3 is 5.97 Å². The van der Waals surface area contributed by atoms with Crippen LogP contribution in [-0.2, 0) is 9.53 Å². The maximum atomic E-state index is 12.8. The van der Waals surface area contributed by atoms with Crippen molar-refractivity contribution in [2.75, 3.05) is 11.9 Å². The van der Waals surface area contributed by atoms with E-state index in [1.54, 1.807) is 18.2 Å². The maximum Gasteiger partial charge on any atom is 0.339 e. The minimum Gasteiger partial charge on any atom is -0.452 e. The fraction of sp³-hybridized carbons (Fsp3) is 0.0385. The molecule has 1 amide bonds. The van der Waals surface area contributed by atoms with E-state index in [1.165, 1.54) is 0 Å². The van der Waals surface area contributed by atoms with E-state index in [1.807, 2.05) is 78.9 Å². The topological polar surface area (TPSA) is 68.3 Å². The van der Waals surface area contributed by atoms with Crippen LogP contribution in [-0.4, -0.2) is 23.5 Å². The van der Waals surface area contributed by atoms with Crippen molar-refractivity contribution in [1.29, 1.82) is 0 Å². The molecule has 0 radical (unpaired) electrons. The highest BCUT2D eigenvalue weighted by atomic mass is 127. The highest BCUT2D eigenvalue weighted by Crippen LogP contribution is 2.21. The molecule has 0 aliphatic rings. The van der Waals surface area contributed by atoms with Crippen molar-refractivity contribution in [3.63, 3.8) is 0 Å². The molecule has 0 bridgehead atoms. The van der Waals surface area contributed by atoms with Crippen LogP contribution in [0.3, 0.4) is 0 Å². The van der Waals surface area contributed by atoms with E-state index in [-0.39, 0.29) is 6.61 Å². The Morgan fingerprint density at radius 2 is 1.62 bits per heavy atom. The first-order valence-corrected chi connectivity index (χ1v) is 11.0. The average molecular weight is 534 g/mol. The lowest BCUT2D eigenvalue weighted by Crippen LogP contribution is -2.21. The van der Waals surface area contributed by atoms with Crippen LogP contribution in [0.1, 0.15) is 21.6 Å². The van der Waals surface area contributed by atoms with Crippen LogP contribution in [0.25, 0.3) is 23.1 Å². The Morgan fingerprint density at radius 1 is 0.906 bits per heavy atom. The summed E-state index contributed by atoms with van der Waals surface area (Å²) in [6.45, 7) is -0.378. The van der Waals surface area contributed by atoms with E-state index >= 15 is 0 Å². The number of para-hydroxylation sites is 1. The van der Waals surface area contributed by atoms with E-state index < -0.39 is 11.9 Å².